The van der Waals surface area contributed by atoms with E-state index < -0.39 is 0 Å². The van der Waals surface area contributed by atoms with Gasteiger partial charge in [-0.05, 0) is 59.7 Å². The maximum Gasteiger partial charge on any atom is 0.161 e. The van der Waals surface area contributed by atoms with E-state index in [1.54, 1.807) is 14.2 Å². The topological polar surface area (TPSA) is 38.8 Å². The van der Waals surface area contributed by atoms with E-state index in [9.17, 15) is 4.79 Å². The van der Waals surface area contributed by atoms with E-state index in [4.69, 9.17) is 9.47 Å². The maximum atomic E-state index is 12.2. The van der Waals surface area contributed by atoms with Gasteiger partial charge in [-0.3, -0.25) is 9.69 Å². The molecule has 4 nitrogen and oxygen atoms in total. The number of piperidine rings is 2. The number of carbonyl (C=O) groups is 1. The minimum Gasteiger partial charge on any atom is -0.493 e. The standard InChI is InChI=1S/C17H22INO3/c1-21-16-9-13(14(18)10-17(16)22-2)15-8-12(20)7-11-5-3-4-6-19(11)15/h9-11,15H,3-8H2,1-2H3/t11-,15+/m1/s1. The van der Waals surface area contributed by atoms with E-state index in [1.807, 2.05) is 6.07 Å². The van der Waals surface area contributed by atoms with E-state index in [1.165, 1.54) is 18.4 Å². The highest BCUT2D eigenvalue weighted by molar-refractivity contribution is 14.1. The van der Waals surface area contributed by atoms with E-state index in [-0.39, 0.29) is 6.04 Å². The minimum atomic E-state index is 0.179. The number of benzene rings is 1. The van der Waals surface area contributed by atoms with Crippen LogP contribution in [0.15, 0.2) is 12.1 Å². The van der Waals surface area contributed by atoms with Gasteiger partial charge in [-0.15, -0.1) is 0 Å². The largest absolute Gasteiger partial charge is 0.493 e. The number of hydrogen-bond acceptors (Lipinski definition) is 4. The Morgan fingerprint density at radius 1 is 1.14 bits per heavy atom. The molecule has 0 radical (unpaired) electrons. The summed E-state index contributed by atoms with van der Waals surface area (Å²) in [6.07, 6.45) is 4.95. The van der Waals surface area contributed by atoms with Crippen LogP contribution >= 0.6 is 22.6 Å². The number of nitrogens with zero attached hydrogens (tertiary/aromatic N) is 1. The van der Waals surface area contributed by atoms with Crippen molar-refractivity contribution in [3.8, 4) is 11.5 Å². The van der Waals surface area contributed by atoms with Gasteiger partial charge in [0, 0.05) is 28.5 Å². The van der Waals surface area contributed by atoms with Crippen LogP contribution in [0.4, 0.5) is 0 Å². The highest BCUT2D eigenvalue weighted by atomic mass is 127. The van der Waals surface area contributed by atoms with Gasteiger partial charge in [-0.2, -0.15) is 0 Å². The van der Waals surface area contributed by atoms with Gasteiger partial charge in [-0.25, -0.2) is 0 Å². The van der Waals surface area contributed by atoms with Crippen LogP contribution in [0.25, 0.3) is 0 Å². The Morgan fingerprint density at radius 2 is 1.86 bits per heavy atom. The molecule has 0 amide bonds. The average molecular weight is 415 g/mol. The molecule has 3 rings (SSSR count). The second-order valence-corrected chi connectivity index (χ2v) is 7.24. The van der Waals surface area contributed by atoms with Gasteiger partial charge >= 0.3 is 0 Å². The molecule has 0 aromatic heterocycles. The van der Waals surface area contributed by atoms with Crippen molar-refractivity contribution in [2.45, 2.75) is 44.2 Å². The first-order chi connectivity index (χ1) is 10.6. The summed E-state index contributed by atoms with van der Waals surface area (Å²) in [6, 6.07) is 4.66. The summed E-state index contributed by atoms with van der Waals surface area (Å²) in [5.74, 6) is 1.87. The van der Waals surface area contributed by atoms with Gasteiger partial charge in [0.2, 0.25) is 0 Å². The molecule has 0 saturated carbocycles. The Kier molecular flexibility index (Phi) is 4.92. The summed E-state index contributed by atoms with van der Waals surface area (Å²) in [5, 5.41) is 0. The summed E-state index contributed by atoms with van der Waals surface area (Å²) in [4.78, 5) is 14.7. The summed E-state index contributed by atoms with van der Waals surface area (Å²) in [6.45, 7) is 1.09. The van der Waals surface area contributed by atoms with Crippen LogP contribution < -0.4 is 9.47 Å². The lowest BCUT2D eigenvalue weighted by atomic mass is 9.85. The van der Waals surface area contributed by atoms with Gasteiger partial charge < -0.3 is 9.47 Å². The number of hydrogen-bond donors (Lipinski definition) is 0. The van der Waals surface area contributed by atoms with Gasteiger partial charge in [0.15, 0.2) is 11.5 Å². The molecule has 0 unspecified atom stereocenters. The van der Waals surface area contributed by atoms with Crippen molar-refractivity contribution in [3.05, 3.63) is 21.3 Å². The van der Waals surface area contributed by atoms with Crippen molar-refractivity contribution in [1.29, 1.82) is 0 Å². The summed E-state index contributed by atoms with van der Waals surface area (Å²) < 4.78 is 12.0. The van der Waals surface area contributed by atoms with Crippen LogP contribution in [-0.4, -0.2) is 37.5 Å². The molecule has 2 aliphatic heterocycles. The second kappa shape index (κ2) is 6.74. The van der Waals surface area contributed by atoms with E-state index >= 15 is 0 Å². The molecule has 0 spiro atoms. The monoisotopic (exact) mass is 415 g/mol. The molecule has 5 heteroatoms. The summed E-state index contributed by atoms with van der Waals surface area (Å²) in [7, 11) is 3.31. The molecule has 1 aromatic rings. The molecule has 0 N–H and O–H groups in total. The van der Waals surface area contributed by atoms with Crippen LogP contribution in [0, 0.1) is 3.57 Å². The molecule has 2 saturated heterocycles. The molecule has 2 fully saturated rings. The number of ether oxygens (including phenoxy) is 2. The number of fused-ring (bicyclic) bond motifs is 1. The van der Waals surface area contributed by atoms with Gasteiger partial charge in [0.05, 0.1) is 14.2 Å². The Balaban J connectivity index is 1.99. The van der Waals surface area contributed by atoms with Crippen LogP contribution in [0.1, 0.15) is 43.7 Å². The first kappa shape index (κ1) is 16.1. The first-order valence-electron chi connectivity index (χ1n) is 7.83. The van der Waals surface area contributed by atoms with Crippen LogP contribution in [0.3, 0.4) is 0 Å². The lowest BCUT2D eigenvalue weighted by Crippen LogP contribution is -2.47. The van der Waals surface area contributed by atoms with Gasteiger partial charge in [0.1, 0.15) is 5.78 Å². The number of Topliss-reactive ketones (excluding diaryl/α,β-unsaturated/α-hetero) is 1. The molecule has 1 aromatic carbocycles. The smallest absolute Gasteiger partial charge is 0.161 e. The predicted octanol–water partition coefficient (Wildman–Crippen LogP) is 3.57. The fourth-order valence-electron chi connectivity index (χ4n) is 3.75. The average Bonchev–Trinajstić information content (AvgIpc) is 2.53. The third-order valence-electron chi connectivity index (χ3n) is 4.82. The third kappa shape index (κ3) is 2.97. The van der Waals surface area contributed by atoms with Crippen molar-refractivity contribution in [2.24, 2.45) is 0 Å². The van der Waals surface area contributed by atoms with Crippen molar-refractivity contribution < 1.29 is 14.3 Å². The van der Waals surface area contributed by atoms with Crippen LogP contribution in [-0.2, 0) is 4.79 Å². The van der Waals surface area contributed by atoms with Crippen molar-refractivity contribution >= 4 is 28.4 Å². The lowest BCUT2D eigenvalue weighted by Gasteiger charge is -2.44. The number of methoxy groups -OCH3 is 2. The fraction of sp³-hybridized carbons (Fsp3) is 0.588. The number of ketones is 1. The van der Waals surface area contributed by atoms with E-state index in [2.05, 4.69) is 33.6 Å². The molecule has 2 heterocycles. The molecule has 120 valence electrons. The Morgan fingerprint density at radius 3 is 2.59 bits per heavy atom. The molecule has 22 heavy (non-hydrogen) atoms. The maximum absolute atomic E-state index is 12.2. The first-order valence-corrected chi connectivity index (χ1v) is 8.90. The number of rotatable bonds is 3. The van der Waals surface area contributed by atoms with E-state index in [0.29, 0.717) is 18.2 Å². The highest BCUT2D eigenvalue weighted by Gasteiger charge is 2.37. The quantitative estimate of drug-likeness (QED) is 0.708. The van der Waals surface area contributed by atoms with E-state index in [0.717, 1.165) is 34.5 Å². The van der Waals surface area contributed by atoms with Crippen LogP contribution in [0.2, 0.25) is 0 Å². The zero-order valence-electron chi connectivity index (χ0n) is 13.1. The van der Waals surface area contributed by atoms with Crippen LogP contribution in [0.5, 0.6) is 11.5 Å². The molecule has 0 bridgehead atoms. The SMILES string of the molecule is COc1cc(I)c([C@@H]2CC(=O)C[C@H]3CCCCN32)cc1OC. The van der Waals surface area contributed by atoms with Crippen molar-refractivity contribution in [1.82, 2.24) is 4.90 Å². The Labute approximate surface area is 145 Å². The normalized spacial score (nSPS) is 25.7. The summed E-state index contributed by atoms with van der Waals surface area (Å²) >= 11 is 2.34. The van der Waals surface area contributed by atoms with Gasteiger partial charge in [-0.1, -0.05) is 6.42 Å². The highest BCUT2D eigenvalue weighted by Crippen LogP contribution is 2.42. The molecule has 2 aliphatic rings. The number of halogens is 1. The Bertz CT molecular complexity index is 575. The lowest BCUT2D eigenvalue weighted by molar-refractivity contribution is -0.126. The second-order valence-electron chi connectivity index (χ2n) is 6.08. The molecular weight excluding hydrogens is 393 g/mol. The molecule has 0 aliphatic carbocycles. The molecular formula is C17H22INO3. The predicted molar refractivity (Wildman–Crippen MR) is 93.6 cm³/mol. The zero-order valence-corrected chi connectivity index (χ0v) is 15.3. The van der Waals surface area contributed by atoms with Gasteiger partial charge in [0.25, 0.3) is 0 Å². The zero-order chi connectivity index (χ0) is 15.7. The molecule has 2 atom stereocenters. The van der Waals surface area contributed by atoms with Crippen molar-refractivity contribution in [2.75, 3.05) is 20.8 Å². The fourth-order valence-corrected chi connectivity index (χ4v) is 4.54. The number of carbonyl (C=O) groups excluding carboxylic acids is 1. The minimum absolute atomic E-state index is 0.179. The summed E-state index contributed by atoms with van der Waals surface area (Å²) in [5.41, 5.74) is 1.19. The van der Waals surface area contributed by atoms with Crippen molar-refractivity contribution in [3.63, 3.8) is 0 Å². The third-order valence-corrected chi connectivity index (χ3v) is 5.75. The Hall–Kier alpha value is -0.820.